The van der Waals surface area contributed by atoms with Crippen molar-refractivity contribution < 1.29 is 14.6 Å². The van der Waals surface area contributed by atoms with Gasteiger partial charge in [-0.1, -0.05) is 26.8 Å². The number of hydrogen-bond donors (Lipinski definition) is 2. The summed E-state index contributed by atoms with van der Waals surface area (Å²) in [5.74, 6) is 1.41. The summed E-state index contributed by atoms with van der Waals surface area (Å²) in [7, 11) is 0. The molecule has 0 saturated heterocycles. The van der Waals surface area contributed by atoms with Gasteiger partial charge in [0, 0.05) is 12.1 Å². The van der Waals surface area contributed by atoms with Crippen molar-refractivity contribution >= 4 is 0 Å². The van der Waals surface area contributed by atoms with Crippen molar-refractivity contribution in [3.63, 3.8) is 0 Å². The SMILES string of the molecule is CCOc1cc(CNC(C)(C)CC(C)(C)C)ccc1OCCO. The second kappa shape index (κ2) is 8.55. The van der Waals surface area contributed by atoms with E-state index in [-0.39, 0.29) is 24.2 Å². The van der Waals surface area contributed by atoms with Crippen LogP contribution in [0.2, 0.25) is 0 Å². The number of hydrogen-bond acceptors (Lipinski definition) is 4. The Bertz CT molecular complexity index is 478. The molecule has 4 heteroatoms. The molecule has 0 aliphatic rings. The predicted molar refractivity (Wildman–Crippen MR) is 95.2 cm³/mol. The number of aliphatic hydroxyl groups is 1. The highest BCUT2D eigenvalue weighted by Gasteiger charge is 2.24. The first kappa shape index (κ1) is 19.8. The molecule has 0 aliphatic heterocycles. The zero-order chi connectivity index (χ0) is 17.5. The zero-order valence-corrected chi connectivity index (χ0v) is 15.5. The molecule has 132 valence electrons. The van der Waals surface area contributed by atoms with Crippen molar-refractivity contribution in [1.82, 2.24) is 5.32 Å². The van der Waals surface area contributed by atoms with Gasteiger partial charge in [-0.05, 0) is 50.3 Å². The van der Waals surface area contributed by atoms with Crippen LogP contribution < -0.4 is 14.8 Å². The predicted octanol–water partition coefficient (Wildman–Crippen LogP) is 3.76. The molecule has 0 atom stereocenters. The Kier molecular flexibility index (Phi) is 7.36. The lowest BCUT2D eigenvalue weighted by atomic mass is 9.82. The van der Waals surface area contributed by atoms with Crippen LogP contribution in [0, 0.1) is 5.41 Å². The molecule has 0 bridgehead atoms. The first-order valence-electron chi connectivity index (χ1n) is 8.41. The minimum atomic E-state index is -0.00410. The lowest BCUT2D eigenvalue weighted by Gasteiger charge is -2.33. The molecule has 0 saturated carbocycles. The lowest BCUT2D eigenvalue weighted by molar-refractivity contribution is 0.194. The molecule has 0 heterocycles. The second-order valence-corrected chi connectivity index (χ2v) is 7.76. The van der Waals surface area contributed by atoms with E-state index in [2.05, 4.69) is 39.9 Å². The topological polar surface area (TPSA) is 50.7 Å². The first-order valence-corrected chi connectivity index (χ1v) is 8.41. The van der Waals surface area contributed by atoms with Crippen LogP contribution in [-0.2, 0) is 6.54 Å². The molecule has 0 unspecified atom stereocenters. The Labute approximate surface area is 141 Å². The fraction of sp³-hybridized carbons (Fsp3) is 0.684. The first-order chi connectivity index (χ1) is 10.7. The summed E-state index contributed by atoms with van der Waals surface area (Å²) in [6, 6.07) is 5.96. The fourth-order valence-corrected chi connectivity index (χ4v) is 2.94. The molecule has 0 aromatic heterocycles. The van der Waals surface area contributed by atoms with Crippen LogP contribution in [0.1, 0.15) is 53.5 Å². The van der Waals surface area contributed by atoms with Gasteiger partial charge in [-0.15, -0.1) is 0 Å². The van der Waals surface area contributed by atoms with Gasteiger partial charge in [0.1, 0.15) is 6.61 Å². The minimum Gasteiger partial charge on any atom is -0.490 e. The Morgan fingerprint density at radius 1 is 1.04 bits per heavy atom. The quantitative estimate of drug-likeness (QED) is 0.726. The standard InChI is InChI=1S/C19H33NO3/c1-7-22-17-12-15(8-9-16(17)23-11-10-21)13-20-19(5,6)14-18(2,3)4/h8-9,12,20-21H,7,10-11,13-14H2,1-6H3. The van der Waals surface area contributed by atoms with Crippen LogP contribution in [0.4, 0.5) is 0 Å². The molecule has 1 aromatic carbocycles. The molecule has 2 N–H and O–H groups in total. The van der Waals surface area contributed by atoms with Crippen LogP contribution in [0.5, 0.6) is 11.5 Å². The van der Waals surface area contributed by atoms with Crippen molar-refractivity contribution in [2.75, 3.05) is 19.8 Å². The molecule has 0 aliphatic carbocycles. The van der Waals surface area contributed by atoms with Crippen molar-refractivity contribution in [1.29, 1.82) is 0 Å². The summed E-state index contributed by atoms with van der Waals surface area (Å²) >= 11 is 0. The largest absolute Gasteiger partial charge is 0.490 e. The van der Waals surface area contributed by atoms with E-state index in [0.717, 1.165) is 24.3 Å². The second-order valence-electron chi connectivity index (χ2n) is 7.76. The van der Waals surface area contributed by atoms with E-state index >= 15 is 0 Å². The van der Waals surface area contributed by atoms with Gasteiger partial charge in [0.2, 0.25) is 0 Å². The highest BCUT2D eigenvalue weighted by atomic mass is 16.5. The average molecular weight is 323 g/mol. The molecule has 23 heavy (non-hydrogen) atoms. The van der Waals surface area contributed by atoms with Gasteiger partial charge in [0.25, 0.3) is 0 Å². The molecule has 1 aromatic rings. The van der Waals surface area contributed by atoms with Crippen molar-refractivity contribution in [3.8, 4) is 11.5 Å². The number of ether oxygens (including phenoxy) is 2. The molecular formula is C19H33NO3. The molecule has 0 amide bonds. The normalized spacial score (nSPS) is 12.3. The van der Waals surface area contributed by atoms with Gasteiger partial charge in [-0.2, -0.15) is 0 Å². The summed E-state index contributed by atoms with van der Waals surface area (Å²) in [4.78, 5) is 0. The minimum absolute atomic E-state index is 0.00410. The molecule has 0 radical (unpaired) electrons. The Hall–Kier alpha value is -1.26. The maximum atomic E-state index is 8.89. The molecule has 0 spiro atoms. The summed E-state index contributed by atoms with van der Waals surface area (Å²) in [6.45, 7) is 14.8. The Morgan fingerprint density at radius 3 is 2.30 bits per heavy atom. The van der Waals surface area contributed by atoms with Crippen LogP contribution in [0.25, 0.3) is 0 Å². The van der Waals surface area contributed by atoms with E-state index < -0.39 is 0 Å². The summed E-state index contributed by atoms with van der Waals surface area (Å²) < 4.78 is 11.2. The number of benzene rings is 1. The van der Waals surface area contributed by atoms with E-state index in [9.17, 15) is 0 Å². The summed E-state index contributed by atoms with van der Waals surface area (Å²) in [6.07, 6.45) is 1.09. The summed E-state index contributed by atoms with van der Waals surface area (Å²) in [5, 5.41) is 12.5. The van der Waals surface area contributed by atoms with Crippen LogP contribution >= 0.6 is 0 Å². The lowest BCUT2D eigenvalue weighted by Crippen LogP contribution is -2.41. The smallest absolute Gasteiger partial charge is 0.161 e. The van der Waals surface area contributed by atoms with Crippen molar-refractivity contribution in [2.45, 2.75) is 60.0 Å². The Morgan fingerprint density at radius 2 is 1.74 bits per heavy atom. The van der Waals surface area contributed by atoms with Gasteiger partial charge in [0.05, 0.1) is 13.2 Å². The summed E-state index contributed by atoms with van der Waals surface area (Å²) in [5.41, 5.74) is 1.51. The van der Waals surface area contributed by atoms with Gasteiger partial charge in [-0.25, -0.2) is 0 Å². The van der Waals surface area contributed by atoms with Gasteiger partial charge in [0.15, 0.2) is 11.5 Å². The fourth-order valence-electron chi connectivity index (χ4n) is 2.94. The zero-order valence-electron chi connectivity index (χ0n) is 15.5. The third-order valence-electron chi connectivity index (χ3n) is 3.40. The Balaban J connectivity index is 2.75. The van der Waals surface area contributed by atoms with Gasteiger partial charge in [-0.3, -0.25) is 0 Å². The van der Waals surface area contributed by atoms with Crippen LogP contribution in [0.3, 0.4) is 0 Å². The molecule has 0 fully saturated rings. The van der Waals surface area contributed by atoms with E-state index in [0.29, 0.717) is 12.4 Å². The number of nitrogens with one attached hydrogen (secondary N) is 1. The average Bonchev–Trinajstić information content (AvgIpc) is 2.42. The third-order valence-corrected chi connectivity index (χ3v) is 3.40. The van der Waals surface area contributed by atoms with Crippen molar-refractivity contribution in [3.05, 3.63) is 23.8 Å². The highest BCUT2D eigenvalue weighted by Crippen LogP contribution is 2.30. The van der Waals surface area contributed by atoms with Crippen LogP contribution in [-0.4, -0.2) is 30.5 Å². The van der Waals surface area contributed by atoms with E-state index in [1.54, 1.807) is 0 Å². The van der Waals surface area contributed by atoms with Crippen molar-refractivity contribution in [2.24, 2.45) is 5.41 Å². The molecule has 1 rings (SSSR count). The van der Waals surface area contributed by atoms with E-state index in [4.69, 9.17) is 14.6 Å². The van der Waals surface area contributed by atoms with Gasteiger partial charge < -0.3 is 19.9 Å². The number of rotatable bonds is 9. The maximum Gasteiger partial charge on any atom is 0.161 e. The number of aliphatic hydroxyl groups excluding tert-OH is 1. The van der Waals surface area contributed by atoms with E-state index in [1.165, 1.54) is 0 Å². The highest BCUT2D eigenvalue weighted by molar-refractivity contribution is 5.43. The van der Waals surface area contributed by atoms with Gasteiger partial charge >= 0.3 is 0 Å². The van der Waals surface area contributed by atoms with E-state index in [1.807, 2.05) is 25.1 Å². The molecule has 4 nitrogen and oxygen atoms in total. The molecular weight excluding hydrogens is 290 g/mol. The third kappa shape index (κ3) is 7.71. The monoisotopic (exact) mass is 323 g/mol. The maximum absolute atomic E-state index is 8.89. The van der Waals surface area contributed by atoms with Crippen LogP contribution in [0.15, 0.2) is 18.2 Å².